The van der Waals surface area contributed by atoms with Gasteiger partial charge in [-0.15, -0.1) is 0 Å². The topological polar surface area (TPSA) is 93.7 Å². The summed E-state index contributed by atoms with van der Waals surface area (Å²) in [5.74, 6) is 0.365. The summed E-state index contributed by atoms with van der Waals surface area (Å²) >= 11 is 0. The monoisotopic (exact) mass is 358 g/mol. The second kappa shape index (κ2) is 8.89. The van der Waals surface area contributed by atoms with Gasteiger partial charge < -0.3 is 14.8 Å². The van der Waals surface area contributed by atoms with Crippen LogP contribution < -0.4 is 19.5 Å². The molecular weight excluding hydrogens is 332 g/mol. The highest BCUT2D eigenvalue weighted by Crippen LogP contribution is 2.29. The molecule has 0 saturated carbocycles. The average Bonchev–Trinajstić information content (AvgIpc) is 2.53. The van der Waals surface area contributed by atoms with E-state index < -0.39 is 16.1 Å². The van der Waals surface area contributed by atoms with E-state index in [1.165, 1.54) is 39.3 Å². The Morgan fingerprint density at radius 2 is 1.79 bits per heavy atom. The quantitative estimate of drug-likeness (QED) is 0.700. The molecule has 0 aliphatic carbocycles. The first-order valence-corrected chi connectivity index (χ1v) is 9.28. The van der Waals surface area contributed by atoms with Crippen LogP contribution in [0.5, 0.6) is 11.5 Å². The van der Waals surface area contributed by atoms with Crippen LogP contribution in [0.25, 0.3) is 0 Å². The maximum atomic E-state index is 12.4. The van der Waals surface area contributed by atoms with Gasteiger partial charge in [-0.1, -0.05) is 13.3 Å². The van der Waals surface area contributed by atoms with Crippen LogP contribution in [-0.2, 0) is 14.8 Å². The SMILES string of the molecule is CCCC(C)NC(=O)C(C)NS(=O)(=O)c1ccc(OC)c(OC)c1. The average molecular weight is 358 g/mol. The number of nitrogens with one attached hydrogen (secondary N) is 2. The number of ether oxygens (including phenoxy) is 2. The third-order valence-electron chi connectivity index (χ3n) is 3.50. The largest absolute Gasteiger partial charge is 0.493 e. The number of amides is 1. The highest BCUT2D eigenvalue weighted by molar-refractivity contribution is 7.89. The maximum absolute atomic E-state index is 12.4. The number of carbonyl (C=O) groups excluding carboxylic acids is 1. The van der Waals surface area contributed by atoms with Crippen molar-refractivity contribution in [1.29, 1.82) is 0 Å². The fraction of sp³-hybridized carbons (Fsp3) is 0.562. The predicted octanol–water partition coefficient (Wildman–Crippen LogP) is 1.68. The molecule has 0 bridgehead atoms. The smallest absolute Gasteiger partial charge is 0.241 e. The Hall–Kier alpha value is -1.80. The van der Waals surface area contributed by atoms with Crippen LogP contribution in [0.1, 0.15) is 33.6 Å². The summed E-state index contributed by atoms with van der Waals surface area (Å²) in [4.78, 5) is 12.1. The third-order valence-corrected chi connectivity index (χ3v) is 5.04. The van der Waals surface area contributed by atoms with Crippen LogP contribution in [0.4, 0.5) is 0 Å². The highest BCUT2D eigenvalue weighted by Gasteiger charge is 2.24. The molecule has 1 aromatic carbocycles. The summed E-state index contributed by atoms with van der Waals surface area (Å²) in [6.07, 6.45) is 1.77. The molecule has 2 atom stereocenters. The second-order valence-electron chi connectivity index (χ2n) is 5.56. The molecule has 0 radical (unpaired) electrons. The van der Waals surface area contributed by atoms with Crippen molar-refractivity contribution in [3.8, 4) is 11.5 Å². The molecule has 0 aromatic heterocycles. The van der Waals surface area contributed by atoms with E-state index in [-0.39, 0.29) is 16.8 Å². The highest BCUT2D eigenvalue weighted by atomic mass is 32.2. The van der Waals surface area contributed by atoms with E-state index in [9.17, 15) is 13.2 Å². The van der Waals surface area contributed by atoms with Crippen LogP contribution >= 0.6 is 0 Å². The standard InChI is InChI=1S/C16H26N2O5S/c1-6-7-11(2)17-16(19)12(3)18-24(20,21)13-8-9-14(22-4)15(10-13)23-5/h8-12,18H,6-7H2,1-5H3,(H,17,19). The second-order valence-corrected chi connectivity index (χ2v) is 7.27. The molecule has 1 rings (SSSR count). The van der Waals surface area contributed by atoms with Crippen molar-refractivity contribution in [2.75, 3.05) is 14.2 Å². The number of hydrogen-bond donors (Lipinski definition) is 2. The summed E-state index contributed by atoms with van der Waals surface area (Å²) in [6, 6.07) is 3.36. The summed E-state index contributed by atoms with van der Waals surface area (Å²) in [5, 5.41) is 2.78. The lowest BCUT2D eigenvalue weighted by molar-refractivity contribution is -0.123. The Balaban J connectivity index is 2.87. The Morgan fingerprint density at radius 3 is 2.33 bits per heavy atom. The minimum Gasteiger partial charge on any atom is -0.493 e. The number of carbonyl (C=O) groups is 1. The van der Waals surface area contributed by atoms with Crippen molar-refractivity contribution in [2.24, 2.45) is 0 Å². The molecule has 0 spiro atoms. The van der Waals surface area contributed by atoms with Crippen molar-refractivity contribution < 1.29 is 22.7 Å². The first-order chi connectivity index (χ1) is 11.2. The van der Waals surface area contributed by atoms with Crippen LogP contribution in [0.3, 0.4) is 0 Å². The molecule has 2 N–H and O–H groups in total. The van der Waals surface area contributed by atoms with Crippen LogP contribution in [0.2, 0.25) is 0 Å². The minimum atomic E-state index is -3.86. The van der Waals surface area contributed by atoms with Gasteiger partial charge in [0.1, 0.15) is 0 Å². The van der Waals surface area contributed by atoms with E-state index in [4.69, 9.17) is 9.47 Å². The molecule has 0 heterocycles. The summed E-state index contributed by atoms with van der Waals surface area (Å²) in [5.41, 5.74) is 0. The lowest BCUT2D eigenvalue weighted by Crippen LogP contribution is -2.47. The summed E-state index contributed by atoms with van der Waals surface area (Å²) in [7, 11) is -0.967. The minimum absolute atomic E-state index is 0.00130. The number of hydrogen-bond acceptors (Lipinski definition) is 5. The van der Waals surface area contributed by atoms with Gasteiger partial charge >= 0.3 is 0 Å². The molecule has 0 saturated heterocycles. The first kappa shape index (κ1) is 20.2. The Labute approximate surface area is 143 Å². The molecule has 0 aliphatic rings. The van der Waals surface area contributed by atoms with E-state index in [1.807, 2.05) is 13.8 Å². The molecule has 136 valence electrons. The fourth-order valence-electron chi connectivity index (χ4n) is 2.21. The zero-order valence-corrected chi connectivity index (χ0v) is 15.6. The van der Waals surface area contributed by atoms with Crippen LogP contribution in [0, 0.1) is 0 Å². The van der Waals surface area contributed by atoms with E-state index >= 15 is 0 Å². The molecule has 8 heteroatoms. The van der Waals surface area contributed by atoms with Gasteiger partial charge in [0.2, 0.25) is 15.9 Å². The molecule has 2 unspecified atom stereocenters. The Morgan fingerprint density at radius 1 is 1.17 bits per heavy atom. The molecule has 1 aromatic rings. The van der Waals surface area contributed by atoms with Crippen LogP contribution in [0.15, 0.2) is 23.1 Å². The van der Waals surface area contributed by atoms with Gasteiger partial charge in [-0.25, -0.2) is 8.42 Å². The Bertz CT molecular complexity index is 660. The zero-order chi connectivity index (χ0) is 18.3. The normalized spacial score (nSPS) is 13.9. The zero-order valence-electron chi connectivity index (χ0n) is 14.8. The van der Waals surface area contributed by atoms with E-state index in [0.717, 1.165) is 12.8 Å². The van der Waals surface area contributed by atoms with Crippen molar-refractivity contribution in [1.82, 2.24) is 10.0 Å². The van der Waals surface area contributed by atoms with Gasteiger partial charge in [0, 0.05) is 12.1 Å². The number of benzene rings is 1. The molecule has 1 amide bonds. The lowest BCUT2D eigenvalue weighted by atomic mass is 10.2. The number of rotatable bonds is 9. The van der Waals surface area contributed by atoms with Crippen molar-refractivity contribution >= 4 is 15.9 Å². The number of sulfonamides is 1. The number of methoxy groups -OCH3 is 2. The van der Waals surface area contributed by atoms with Crippen molar-refractivity contribution in [2.45, 2.75) is 50.6 Å². The molecule has 0 aliphatic heterocycles. The third kappa shape index (κ3) is 5.38. The van der Waals surface area contributed by atoms with Gasteiger partial charge in [0.05, 0.1) is 25.2 Å². The van der Waals surface area contributed by atoms with Gasteiger partial charge in [-0.2, -0.15) is 4.72 Å². The fourth-order valence-corrected chi connectivity index (χ4v) is 3.43. The van der Waals surface area contributed by atoms with Gasteiger partial charge in [-0.05, 0) is 32.4 Å². The Kier molecular flexibility index (Phi) is 7.50. The first-order valence-electron chi connectivity index (χ1n) is 7.79. The predicted molar refractivity (Wildman–Crippen MR) is 91.8 cm³/mol. The van der Waals surface area contributed by atoms with Crippen molar-refractivity contribution in [3.63, 3.8) is 0 Å². The maximum Gasteiger partial charge on any atom is 0.241 e. The summed E-state index contributed by atoms with van der Waals surface area (Å²) < 4.78 is 37.4. The molecular formula is C16H26N2O5S. The lowest BCUT2D eigenvalue weighted by Gasteiger charge is -2.18. The molecule has 24 heavy (non-hydrogen) atoms. The van der Waals surface area contributed by atoms with Gasteiger partial charge in [-0.3, -0.25) is 4.79 Å². The van der Waals surface area contributed by atoms with Gasteiger partial charge in [0.25, 0.3) is 0 Å². The van der Waals surface area contributed by atoms with E-state index in [2.05, 4.69) is 10.0 Å². The van der Waals surface area contributed by atoms with E-state index in [0.29, 0.717) is 11.5 Å². The molecule has 7 nitrogen and oxygen atoms in total. The molecule has 0 fully saturated rings. The van der Waals surface area contributed by atoms with Crippen molar-refractivity contribution in [3.05, 3.63) is 18.2 Å². The van der Waals surface area contributed by atoms with Crippen LogP contribution in [-0.4, -0.2) is 40.6 Å². The van der Waals surface area contributed by atoms with Gasteiger partial charge in [0.15, 0.2) is 11.5 Å². The van der Waals surface area contributed by atoms with E-state index in [1.54, 1.807) is 0 Å². The summed E-state index contributed by atoms with van der Waals surface area (Å²) in [6.45, 7) is 5.41.